The van der Waals surface area contributed by atoms with E-state index in [1.807, 2.05) is 6.07 Å². The van der Waals surface area contributed by atoms with E-state index in [9.17, 15) is 0 Å². The van der Waals surface area contributed by atoms with Gasteiger partial charge < -0.3 is 15.4 Å². The maximum Gasteiger partial charge on any atom is 0.142 e. The Hall–Kier alpha value is -2.69. The predicted octanol–water partition coefficient (Wildman–Crippen LogP) is 7.96. The third-order valence-corrected chi connectivity index (χ3v) is 6.69. The average Bonchev–Trinajstić information content (AvgIpc) is 2.94. The van der Waals surface area contributed by atoms with Gasteiger partial charge in [0.15, 0.2) is 0 Å². The van der Waals surface area contributed by atoms with Gasteiger partial charge >= 0.3 is 0 Å². The second kappa shape index (κ2) is 18.5. The van der Waals surface area contributed by atoms with Crippen LogP contribution < -0.4 is 15.4 Å². The average molecular weight is 502 g/mol. The first-order chi connectivity index (χ1) is 18.3. The molecule has 0 unspecified atom stereocenters. The summed E-state index contributed by atoms with van der Waals surface area (Å²) in [4.78, 5) is 4.96. The van der Waals surface area contributed by atoms with Crippen molar-refractivity contribution in [2.45, 2.75) is 97.3 Å². The molecule has 1 heterocycles. The van der Waals surface area contributed by atoms with E-state index in [4.69, 9.17) is 9.72 Å². The predicted molar refractivity (Wildman–Crippen MR) is 156 cm³/mol. The highest BCUT2D eigenvalue weighted by Gasteiger charge is 2.08. The lowest BCUT2D eigenvalue weighted by atomic mass is 10.1. The van der Waals surface area contributed by atoms with Gasteiger partial charge in [0.2, 0.25) is 0 Å². The van der Waals surface area contributed by atoms with Crippen molar-refractivity contribution in [2.24, 2.45) is 0 Å². The highest BCUT2D eigenvalue weighted by atomic mass is 16.5. The zero-order chi connectivity index (χ0) is 25.8. The van der Waals surface area contributed by atoms with Crippen molar-refractivity contribution in [1.29, 1.82) is 0 Å². The van der Waals surface area contributed by atoms with E-state index in [2.05, 4.69) is 84.3 Å². The summed E-state index contributed by atoms with van der Waals surface area (Å²) in [5.41, 5.74) is 4.58. The van der Waals surface area contributed by atoms with Crippen LogP contribution in [0.4, 0.5) is 0 Å². The summed E-state index contributed by atoms with van der Waals surface area (Å²) in [6.45, 7) is 6.11. The number of nitrogens with zero attached hydrogens (tertiary/aromatic N) is 1. The summed E-state index contributed by atoms with van der Waals surface area (Å²) < 4.78 is 6.22. The zero-order valence-electron chi connectivity index (χ0n) is 22.9. The maximum atomic E-state index is 6.22. The van der Waals surface area contributed by atoms with Gasteiger partial charge in [0.05, 0.1) is 18.0 Å². The van der Waals surface area contributed by atoms with Crippen molar-refractivity contribution in [3.05, 3.63) is 95.3 Å². The first kappa shape index (κ1) is 28.9. The lowest BCUT2D eigenvalue weighted by Crippen LogP contribution is -2.18. The van der Waals surface area contributed by atoms with Gasteiger partial charge in [0.25, 0.3) is 0 Å². The third kappa shape index (κ3) is 12.4. The molecular formula is C33H47N3O. The molecule has 0 aliphatic heterocycles. The minimum absolute atomic E-state index is 0.689. The fourth-order valence-electron chi connectivity index (χ4n) is 4.51. The third-order valence-electron chi connectivity index (χ3n) is 6.69. The Morgan fingerprint density at radius 3 is 1.70 bits per heavy atom. The highest BCUT2D eigenvalue weighted by Crippen LogP contribution is 2.19. The first-order valence-corrected chi connectivity index (χ1v) is 14.5. The molecule has 1 aromatic heterocycles. The Balaban J connectivity index is 1.43. The number of aromatic nitrogens is 1. The lowest BCUT2D eigenvalue weighted by Gasteiger charge is -2.14. The molecule has 0 fully saturated rings. The van der Waals surface area contributed by atoms with E-state index in [0.717, 1.165) is 49.8 Å². The molecule has 4 heteroatoms. The normalized spacial score (nSPS) is 11.1. The Morgan fingerprint density at radius 1 is 0.568 bits per heavy atom. The van der Waals surface area contributed by atoms with Crippen molar-refractivity contribution >= 4 is 0 Å². The summed E-state index contributed by atoms with van der Waals surface area (Å²) in [7, 11) is 0. The highest BCUT2D eigenvalue weighted by molar-refractivity contribution is 5.30. The van der Waals surface area contributed by atoms with Crippen LogP contribution in [0, 0.1) is 0 Å². The standard InChI is InChI=1S/C33H47N3O/c1-2-3-4-5-6-7-8-9-10-17-24-37-33-23-22-31(27-34-25-29-18-13-11-14-19-29)36-32(33)28-35-26-30-20-15-12-16-21-30/h11-16,18-23,34-35H,2-10,17,24-28H2,1H3. The second-order valence-electron chi connectivity index (χ2n) is 9.96. The smallest absolute Gasteiger partial charge is 0.142 e. The zero-order valence-corrected chi connectivity index (χ0v) is 22.9. The van der Waals surface area contributed by atoms with Crippen LogP contribution in [0.1, 0.15) is 93.6 Å². The number of benzene rings is 2. The van der Waals surface area contributed by atoms with Gasteiger partial charge in [-0.2, -0.15) is 0 Å². The Kier molecular flexibility index (Phi) is 14.5. The van der Waals surface area contributed by atoms with Crippen LogP contribution >= 0.6 is 0 Å². The van der Waals surface area contributed by atoms with Gasteiger partial charge in [-0.25, -0.2) is 0 Å². The molecule has 3 rings (SSSR count). The van der Waals surface area contributed by atoms with Crippen molar-refractivity contribution in [1.82, 2.24) is 15.6 Å². The van der Waals surface area contributed by atoms with Gasteiger partial charge in [0.1, 0.15) is 5.75 Å². The molecule has 0 saturated carbocycles. The van der Waals surface area contributed by atoms with Gasteiger partial charge in [-0.3, -0.25) is 4.98 Å². The molecule has 0 spiro atoms. The van der Waals surface area contributed by atoms with Gasteiger partial charge in [-0.1, -0.05) is 125 Å². The van der Waals surface area contributed by atoms with E-state index in [1.54, 1.807) is 0 Å². The largest absolute Gasteiger partial charge is 0.492 e. The summed E-state index contributed by atoms with van der Waals surface area (Å²) >= 11 is 0. The van der Waals surface area contributed by atoms with E-state index in [1.165, 1.54) is 68.9 Å². The van der Waals surface area contributed by atoms with Crippen LogP contribution in [0.5, 0.6) is 5.75 Å². The molecule has 0 saturated heterocycles. The monoisotopic (exact) mass is 501 g/mol. The van der Waals surface area contributed by atoms with Crippen LogP contribution in [0.15, 0.2) is 72.8 Å². The van der Waals surface area contributed by atoms with Gasteiger partial charge in [-0.15, -0.1) is 0 Å². The number of rotatable bonds is 20. The van der Waals surface area contributed by atoms with Crippen molar-refractivity contribution in [3.63, 3.8) is 0 Å². The fourth-order valence-corrected chi connectivity index (χ4v) is 4.51. The van der Waals surface area contributed by atoms with Crippen molar-refractivity contribution < 1.29 is 4.74 Å². The van der Waals surface area contributed by atoms with Gasteiger partial charge in [-0.05, 0) is 29.7 Å². The Labute approximate surface area is 225 Å². The summed E-state index contributed by atoms with van der Waals surface area (Å²) in [6, 6.07) is 25.2. The molecule has 0 radical (unpaired) electrons. The fraction of sp³-hybridized carbons (Fsp3) is 0.485. The lowest BCUT2D eigenvalue weighted by molar-refractivity contribution is 0.298. The van der Waals surface area contributed by atoms with Crippen molar-refractivity contribution in [3.8, 4) is 5.75 Å². The molecule has 0 amide bonds. The number of ether oxygens (including phenoxy) is 1. The van der Waals surface area contributed by atoms with Crippen LogP contribution in [-0.2, 0) is 26.2 Å². The number of pyridine rings is 1. The van der Waals surface area contributed by atoms with Crippen molar-refractivity contribution in [2.75, 3.05) is 6.61 Å². The number of nitrogens with one attached hydrogen (secondary N) is 2. The van der Waals surface area contributed by atoms with Crippen LogP contribution in [-0.4, -0.2) is 11.6 Å². The summed E-state index contributed by atoms with van der Waals surface area (Å²) in [6.07, 6.45) is 13.3. The maximum absolute atomic E-state index is 6.22. The number of unbranched alkanes of at least 4 members (excludes halogenated alkanes) is 9. The summed E-state index contributed by atoms with van der Waals surface area (Å²) in [5.74, 6) is 0.906. The number of hydrogen-bond donors (Lipinski definition) is 2. The molecule has 0 aliphatic carbocycles. The second-order valence-corrected chi connectivity index (χ2v) is 9.96. The molecule has 2 N–H and O–H groups in total. The minimum Gasteiger partial charge on any atom is -0.492 e. The molecule has 0 atom stereocenters. The number of hydrogen-bond acceptors (Lipinski definition) is 4. The Bertz CT molecular complexity index is 962. The van der Waals surface area contributed by atoms with Crippen LogP contribution in [0.25, 0.3) is 0 Å². The molecule has 0 bridgehead atoms. The molecule has 4 nitrogen and oxygen atoms in total. The Morgan fingerprint density at radius 2 is 1.11 bits per heavy atom. The molecule has 0 aliphatic rings. The minimum atomic E-state index is 0.689. The SMILES string of the molecule is CCCCCCCCCCCCOc1ccc(CNCc2ccccc2)nc1CNCc1ccccc1. The van der Waals surface area contributed by atoms with E-state index in [0.29, 0.717) is 6.54 Å². The molecular weight excluding hydrogens is 454 g/mol. The van der Waals surface area contributed by atoms with Crippen LogP contribution in [0.3, 0.4) is 0 Å². The van der Waals surface area contributed by atoms with E-state index >= 15 is 0 Å². The van der Waals surface area contributed by atoms with E-state index < -0.39 is 0 Å². The van der Waals surface area contributed by atoms with Gasteiger partial charge in [0, 0.05) is 26.2 Å². The topological polar surface area (TPSA) is 46.2 Å². The van der Waals surface area contributed by atoms with Crippen LogP contribution in [0.2, 0.25) is 0 Å². The molecule has 2 aromatic carbocycles. The molecule has 200 valence electrons. The quantitative estimate of drug-likeness (QED) is 0.154. The first-order valence-electron chi connectivity index (χ1n) is 14.5. The molecule has 3 aromatic rings. The molecule has 37 heavy (non-hydrogen) atoms. The van der Waals surface area contributed by atoms with E-state index in [-0.39, 0.29) is 0 Å². The summed E-state index contributed by atoms with van der Waals surface area (Å²) in [5, 5.41) is 7.06.